The molecule has 0 saturated carbocycles. The number of pyridine rings is 1. The summed E-state index contributed by atoms with van der Waals surface area (Å²) in [7, 11) is 0. The predicted octanol–water partition coefficient (Wildman–Crippen LogP) is 2.16. The Morgan fingerprint density at radius 3 is 3.09 bits per heavy atom. The van der Waals surface area contributed by atoms with Crippen LogP contribution in [0.15, 0.2) is 35.1 Å². The molecule has 0 unspecified atom stereocenters. The second kappa shape index (κ2) is 5.56. The molecular weight excluding hydrogens is 314 g/mol. The van der Waals surface area contributed by atoms with Gasteiger partial charge in [0.05, 0.1) is 16.6 Å². The first-order valence-corrected chi connectivity index (χ1v) is 8.55. The van der Waals surface area contributed by atoms with E-state index in [0.717, 1.165) is 36.7 Å². The molecule has 0 N–H and O–H groups in total. The molecule has 2 aromatic heterocycles. The molecule has 7 heteroatoms. The highest BCUT2D eigenvalue weighted by molar-refractivity contribution is 8.01. The zero-order chi connectivity index (χ0) is 15.9. The number of carbonyl (C=O) groups excluding carboxylic acids is 1. The van der Waals surface area contributed by atoms with Crippen molar-refractivity contribution in [2.75, 3.05) is 18.8 Å². The van der Waals surface area contributed by atoms with Crippen LogP contribution in [0.2, 0.25) is 0 Å². The summed E-state index contributed by atoms with van der Waals surface area (Å²) in [6, 6.07) is 5.48. The first-order valence-electron chi connectivity index (χ1n) is 7.57. The number of aromatic nitrogens is 2. The van der Waals surface area contributed by atoms with E-state index in [1.54, 1.807) is 18.5 Å². The average molecular weight is 331 g/mol. The van der Waals surface area contributed by atoms with Crippen molar-refractivity contribution in [1.82, 2.24) is 15.0 Å². The van der Waals surface area contributed by atoms with E-state index in [1.807, 2.05) is 35.7 Å². The fourth-order valence-corrected chi connectivity index (χ4v) is 4.64. The third-order valence-electron chi connectivity index (χ3n) is 4.20. The monoisotopic (exact) mass is 331 g/mol. The SMILES string of the molecule is Cc1cc(C(=O)N2CC3(C[C@H](Oc4cccnc4)CS3)C2)on1. The lowest BCUT2D eigenvalue weighted by Crippen LogP contribution is -2.60. The third-order valence-corrected chi connectivity index (χ3v) is 5.77. The maximum atomic E-state index is 12.3. The van der Waals surface area contributed by atoms with Crippen molar-refractivity contribution in [3.63, 3.8) is 0 Å². The Labute approximate surface area is 138 Å². The number of likely N-dealkylation sites (tertiary alicyclic amines) is 1. The minimum Gasteiger partial charge on any atom is -0.488 e. The molecule has 2 fully saturated rings. The van der Waals surface area contributed by atoms with E-state index >= 15 is 0 Å². The van der Waals surface area contributed by atoms with Gasteiger partial charge in [-0.1, -0.05) is 5.16 Å². The van der Waals surface area contributed by atoms with Gasteiger partial charge in [0.15, 0.2) is 0 Å². The molecule has 2 aromatic rings. The smallest absolute Gasteiger partial charge is 0.292 e. The van der Waals surface area contributed by atoms with Crippen molar-refractivity contribution in [3.05, 3.63) is 42.0 Å². The topological polar surface area (TPSA) is 68.5 Å². The van der Waals surface area contributed by atoms with Gasteiger partial charge in [-0.2, -0.15) is 0 Å². The summed E-state index contributed by atoms with van der Waals surface area (Å²) in [5.74, 6) is 2.00. The van der Waals surface area contributed by atoms with Crippen molar-refractivity contribution in [1.29, 1.82) is 0 Å². The third kappa shape index (κ3) is 2.81. The molecule has 1 atom stereocenters. The molecule has 120 valence electrons. The molecule has 4 heterocycles. The van der Waals surface area contributed by atoms with Gasteiger partial charge in [-0.05, 0) is 19.1 Å². The van der Waals surface area contributed by atoms with E-state index in [2.05, 4.69) is 10.1 Å². The second-order valence-electron chi connectivity index (χ2n) is 6.12. The van der Waals surface area contributed by atoms with Crippen LogP contribution in [0.4, 0.5) is 0 Å². The van der Waals surface area contributed by atoms with Crippen LogP contribution in [0, 0.1) is 6.92 Å². The molecule has 2 saturated heterocycles. The predicted molar refractivity (Wildman–Crippen MR) is 85.6 cm³/mol. The number of aryl methyl sites for hydroxylation is 1. The highest BCUT2D eigenvalue weighted by atomic mass is 32.2. The number of carbonyl (C=O) groups is 1. The Bertz CT molecular complexity index is 712. The van der Waals surface area contributed by atoms with Gasteiger partial charge in [0, 0.05) is 37.5 Å². The Morgan fingerprint density at radius 1 is 1.52 bits per heavy atom. The van der Waals surface area contributed by atoms with Crippen molar-refractivity contribution in [2.45, 2.75) is 24.2 Å². The van der Waals surface area contributed by atoms with Gasteiger partial charge in [-0.25, -0.2) is 0 Å². The van der Waals surface area contributed by atoms with E-state index in [-0.39, 0.29) is 16.8 Å². The lowest BCUT2D eigenvalue weighted by Gasteiger charge is -2.46. The summed E-state index contributed by atoms with van der Waals surface area (Å²) in [5.41, 5.74) is 0.726. The zero-order valence-corrected chi connectivity index (χ0v) is 13.6. The van der Waals surface area contributed by atoms with Crippen molar-refractivity contribution < 1.29 is 14.1 Å². The largest absolute Gasteiger partial charge is 0.488 e. The number of rotatable bonds is 3. The molecule has 0 aromatic carbocycles. The van der Waals surface area contributed by atoms with Crippen LogP contribution in [0.5, 0.6) is 5.75 Å². The molecule has 0 bridgehead atoms. The summed E-state index contributed by atoms with van der Waals surface area (Å²) in [6.45, 7) is 3.29. The first-order chi connectivity index (χ1) is 11.1. The van der Waals surface area contributed by atoms with E-state index in [1.165, 1.54) is 0 Å². The standard InChI is InChI=1S/C16H17N3O3S/c1-11-5-14(22-18-11)15(20)19-9-16(10-19)6-13(8-23-16)21-12-3-2-4-17-7-12/h2-5,7,13H,6,8-10H2,1H3/t13-/m0/s1. The lowest BCUT2D eigenvalue weighted by molar-refractivity contribution is 0.0478. The summed E-state index contributed by atoms with van der Waals surface area (Å²) < 4.78 is 11.2. The molecule has 2 aliphatic rings. The number of nitrogens with zero attached hydrogens (tertiary/aromatic N) is 3. The molecule has 1 spiro atoms. The Morgan fingerprint density at radius 2 is 2.39 bits per heavy atom. The summed E-state index contributed by atoms with van der Waals surface area (Å²) in [6.07, 6.45) is 4.59. The summed E-state index contributed by atoms with van der Waals surface area (Å²) >= 11 is 1.89. The van der Waals surface area contributed by atoms with Crippen LogP contribution in [0.25, 0.3) is 0 Å². The van der Waals surface area contributed by atoms with E-state index < -0.39 is 0 Å². The number of hydrogen-bond acceptors (Lipinski definition) is 6. The fourth-order valence-electron chi connectivity index (χ4n) is 3.12. The lowest BCUT2D eigenvalue weighted by atomic mass is 9.92. The average Bonchev–Trinajstić information content (AvgIpc) is 3.13. The normalized spacial score (nSPS) is 22.1. The molecule has 0 aliphatic carbocycles. The molecule has 1 amide bonds. The fraction of sp³-hybridized carbons (Fsp3) is 0.438. The van der Waals surface area contributed by atoms with Crippen molar-refractivity contribution in [3.8, 4) is 5.75 Å². The molecule has 2 aliphatic heterocycles. The second-order valence-corrected chi connectivity index (χ2v) is 7.61. The number of hydrogen-bond donors (Lipinski definition) is 0. The summed E-state index contributed by atoms with van der Waals surface area (Å²) in [5, 5.41) is 3.77. The Hall–Kier alpha value is -2.02. The van der Waals surface area contributed by atoms with Gasteiger partial charge >= 0.3 is 0 Å². The molecule has 6 nitrogen and oxygen atoms in total. The number of amides is 1. The van der Waals surface area contributed by atoms with Crippen LogP contribution in [-0.2, 0) is 0 Å². The van der Waals surface area contributed by atoms with E-state index in [4.69, 9.17) is 9.26 Å². The Kier molecular flexibility index (Phi) is 3.52. The number of ether oxygens (including phenoxy) is 1. The van der Waals surface area contributed by atoms with Gasteiger partial charge in [0.1, 0.15) is 11.9 Å². The molecular formula is C16H17N3O3S. The zero-order valence-electron chi connectivity index (χ0n) is 12.8. The van der Waals surface area contributed by atoms with Crippen molar-refractivity contribution in [2.24, 2.45) is 0 Å². The molecule has 23 heavy (non-hydrogen) atoms. The van der Waals surface area contributed by atoms with Crippen LogP contribution < -0.4 is 4.74 Å². The van der Waals surface area contributed by atoms with Crippen LogP contribution in [0.1, 0.15) is 22.7 Å². The van der Waals surface area contributed by atoms with Crippen LogP contribution >= 0.6 is 11.8 Å². The Balaban J connectivity index is 1.33. The van der Waals surface area contributed by atoms with Crippen molar-refractivity contribution >= 4 is 17.7 Å². The molecule has 4 rings (SSSR count). The summed E-state index contributed by atoms with van der Waals surface area (Å²) in [4.78, 5) is 18.2. The highest BCUT2D eigenvalue weighted by Crippen LogP contribution is 2.46. The first kappa shape index (κ1) is 14.6. The van der Waals surface area contributed by atoms with Crippen LogP contribution in [0.3, 0.4) is 0 Å². The minimum atomic E-state index is -0.0755. The minimum absolute atomic E-state index is 0.0755. The van der Waals surface area contributed by atoms with Gasteiger partial charge in [-0.3, -0.25) is 9.78 Å². The van der Waals surface area contributed by atoms with Gasteiger partial charge in [-0.15, -0.1) is 11.8 Å². The maximum absolute atomic E-state index is 12.3. The van der Waals surface area contributed by atoms with Gasteiger partial charge in [0.2, 0.25) is 5.76 Å². The maximum Gasteiger partial charge on any atom is 0.292 e. The van der Waals surface area contributed by atoms with Gasteiger partial charge < -0.3 is 14.2 Å². The van der Waals surface area contributed by atoms with Crippen LogP contribution in [-0.4, -0.2) is 50.6 Å². The number of thioether (sulfide) groups is 1. The highest BCUT2D eigenvalue weighted by Gasteiger charge is 2.51. The van der Waals surface area contributed by atoms with Gasteiger partial charge in [0.25, 0.3) is 5.91 Å². The van der Waals surface area contributed by atoms with E-state index in [0.29, 0.717) is 5.76 Å². The quantitative estimate of drug-likeness (QED) is 0.858. The molecule has 0 radical (unpaired) electrons. The van der Waals surface area contributed by atoms with E-state index in [9.17, 15) is 4.79 Å².